The first-order chi connectivity index (χ1) is 14.2. The number of hydrogen-bond acceptors (Lipinski definition) is 3. The summed E-state index contributed by atoms with van der Waals surface area (Å²) < 4.78 is 14.9. The summed E-state index contributed by atoms with van der Waals surface area (Å²) in [5.41, 5.74) is 6.99. The average Bonchev–Trinajstić information content (AvgIpc) is 3.16. The standard InChI is InChI=1S/C23H15FN4O/c24-16-11-9-15(10-12-16)21-13-18(17-5-1-2-6-19(17)26-21)23(29)27-28-14-25-20-7-3-4-8-22(20)28/h1-14H,(H,27,29). The number of benzene rings is 3. The maximum absolute atomic E-state index is 13.3. The molecule has 0 aliphatic heterocycles. The molecule has 0 fully saturated rings. The van der Waals surface area contributed by atoms with Crippen LogP contribution in [0.4, 0.5) is 4.39 Å². The number of nitrogens with one attached hydrogen (secondary N) is 1. The molecule has 140 valence electrons. The van der Waals surface area contributed by atoms with E-state index in [1.807, 2.05) is 48.5 Å². The second kappa shape index (κ2) is 6.83. The van der Waals surface area contributed by atoms with E-state index in [-0.39, 0.29) is 11.7 Å². The van der Waals surface area contributed by atoms with Gasteiger partial charge in [-0.25, -0.2) is 19.0 Å². The number of imidazole rings is 1. The van der Waals surface area contributed by atoms with Crippen LogP contribution in [0.15, 0.2) is 85.2 Å². The van der Waals surface area contributed by atoms with Crippen molar-refractivity contribution in [2.75, 3.05) is 5.43 Å². The number of aromatic nitrogens is 3. The predicted octanol–water partition coefficient (Wildman–Crippen LogP) is 4.77. The molecule has 1 N–H and O–H groups in total. The number of carbonyl (C=O) groups is 1. The first-order valence-electron chi connectivity index (χ1n) is 9.08. The fraction of sp³-hybridized carbons (Fsp3) is 0. The third-order valence-electron chi connectivity index (χ3n) is 4.78. The molecule has 5 aromatic rings. The summed E-state index contributed by atoms with van der Waals surface area (Å²) in [7, 11) is 0. The number of nitrogens with zero attached hydrogens (tertiary/aromatic N) is 3. The first kappa shape index (κ1) is 17.1. The van der Waals surface area contributed by atoms with Gasteiger partial charge in [-0.2, -0.15) is 0 Å². The molecule has 0 spiro atoms. The molecule has 1 amide bonds. The summed E-state index contributed by atoms with van der Waals surface area (Å²) in [6.45, 7) is 0. The Kier molecular flexibility index (Phi) is 4.02. The van der Waals surface area contributed by atoms with Gasteiger partial charge in [-0.3, -0.25) is 10.2 Å². The Balaban J connectivity index is 1.61. The largest absolute Gasteiger partial charge is 0.270 e. The molecule has 0 unspecified atom stereocenters. The predicted molar refractivity (Wildman–Crippen MR) is 111 cm³/mol. The van der Waals surface area contributed by atoms with E-state index in [1.165, 1.54) is 12.1 Å². The van der Waals surface area contributed by atoms with Crippen LogP contribution in [0.5, 0.6) is 0 Å². The van der Waals surface area contributed by atoms with Gasteiger partial charge in [-0.1, -0.05) is 30.3 Å². The van der Waals surface area contributed by atoms with E-state index in [9.17, 15) is 9.18 Å². The van der Waals surface area contributed by atoms with E-state index in [2.05, 4.69) is 15.4 Å². The van der Waals surface area contributed by atoms with Crippen molar-refractivity contribution in [1.29, 1.82) is 0 Å². The van der Waals surface area contributed by atoms with E-state index < -0.39 is 0 Å². The van der Waals surface area contributed by atoms with Crippen molar-refractivity contribution in [3.8, 4) is 11.3 Å². The van der Waals surface area contributed by atoms with Crippen LogP contribution in [-0.2, 0) is 0 Å². The van der Waals surface area contributed by atoms with Gasteiger partial charge in [0.05, 0.1) is 27.8 Å². The Hall–Kier alpha value is -4.06. The molecule has 0 aliphatic rings. The van der Waals surface area contributed by atoms with Gasteiger partial charge < -0.3 is 0 Å². The highest BCUT2D eigenvalue weighted by molar-refractivity contribution is 6.11. The summed E-state index contributed by atoms with van der Waals surface area (Å²) in [5.74, 6) is -0.602. The van der Waals surface area contributed by atoms with E-state index in [1.54, 1.807) is 29.2 Å². The number of fused-ring (bicyclic) bond motifs is 2. The monoisotopic (exact) mass is 382 g/mol. The van der Waals surface area contributed by atoms with Crippen LogP contribution in [0.25, 0.3) is 33.2 Å². The summed E-state index contributed by atoms with van der Waals surface area (Å²) in [4.78, 5) is 22.1. The lowest BCUT2D eigenvalue weighted by atomic mass is 10.0. The van der Waals surface area contributed by atoms with Gasteiger partial charge in [-0.15, -0.1) is 0 Å². The Labute approximate surface area is 165 Å². The molecule has 0 atom stereocenters. The number of pyridine rings is 1. The molecule has 2 aromatic heterocycles. The molecule has 0 bridgehead atoms. The maximum atomic E-state index is 13.3. The van der Waals surface area contributed by atoms with E-state index in [0.717, 1.165) is 22.0 Å². The Morgan fingerprint density at radius 2 is 1.62 bits per heavy atom. The number of carbonyl (C=O) groups excluding carboxylic acids is 1. The van der Waals surface area contributed by atoms with Crippen molar-refractivity contribution in [2.24, 2.45) is 0 Å². The van der Waals surface area contributed by atoms with Crippen molar-refractivity contribution in [2.45, 2.75) is 0 Å². The van der Waals surface area contributed by atoms with Gasteiger partial charge in [0, 0.05) is 10.9 Å². The molecule has 2 heterocycles. The van der Waals surface area contributed by atoms with E-state index in [4.69, 9.17) is 0 Å². The van der Waals surface area contributed by atoms with Gasteiger partial charge in [0.25, 0.3) is 5.91 Å². The second-order valence-corrected chi connectivity index (χ2v) is 6.62. The summed E-state index contributed by atoms with van der Waals surface area (Å²) in [6.07, 6.45) is 1.58. The minimum atomic E-state index is -0.320. The van der Waals surface area contributed by atoms with Crippen LogP contribution < -0.4 is 5.43 Å². The first-order valence-corrected chi connectivity index (χ1v) is 9.08. The number of amides is 1. The third kappa shape index (κ3) is 3.10. The average molecular weight is 382 g/mol. The van der Waals surface area contributed by atoms with Crippen molar-refractivity contribution in [1.82, 2.24) is 14.6 Å². The Bertz CT molecular complexity index is 1360. The number of halogens is 1. The third-order valence-corrected chi connectivity index (χ3v) is 4.78. The molecule has 6 heteroatoms. The smallest absolute Gasteiger partial charge is 0.267 e. The van der Waals surface area contributed by atoms with Gasteiger partial charge in [-0.05, 0) is 48.5 Å². The lowest BCUT2D eigenvalue weighted by molar-refractivity contribution is 0.101. The topological polar surface area (TPSA) is 59.8 Å². The number of rotatable bonds is 3. The van der Waals surface area contributed by atoms with Crippen LogP contribution in [0.2, 0.25) is 0 Å². The van der Waals surface area contributed by atoms with Gasteiger partial charge in [0.15, 0.2) is 0 Å². The van der Waals surface area contributed by atoms with Crippen LogP contribution in [0.1, 0.15) is 10.4 Å². The summed E-state index contributed by atoms with van der Waals surface area (Å²) >= 11 is 0. The molecular weight excluding hydrogens is 367 g/mol. The van der Waals surface area contributed by atoms with Gasteiger partial charge in [0.2, 0.25) is 0 Å². The molecule has 3 aromatic carbocycles. The molecule has 0 aliphatic carbocycles. The van der Waals surface area contributed by atoms with Crippen molar-refractivity contribution >= 4 is 27.8 Å². The maximum Gasteiger partial charge on any atom is 0.270 e. The van der Waals surface area contributed by atoms with E-state index in [0.29, 0.717) is 16.8 Å². The minimum absolute atomic E-state index is 0.282. The molecule has 0 radical (unpaired) electrons. The quantitative estimate of drug-likeness (QED) is 0.489. The molecule has 0 saturated carbocycles. The molecule has 5 rings (SSSR count). The van der Waals surface area contributed by atoms with Crippen molar-refractivity contribution in [3.63, 3.8) is 0 Å². The minimum Gasteiger partial charge on any atom is -0.267 e. The molecule has 0 saturated heterocycles. The van der Waals surface area contributed by atoms with Crippen molar-refractivity contribution in [3.05, 3.63) is 96.6 Å². The number of hydrogen-bond donors (Lipinski definition) is 1. The van der Waals surface area contributed by atoms with E-state index >= 15 is 0 Å². The Morgan fingerprint density at radius 1 is 0.897 bits per heavy atom. The van der Waals surface area contributed by atoms with Crippen LogP contribution in [0.3, 0.4) is 0 Å². The zero-order chi connectivity index (χ0) is 19.8. The van der Waals surface area contributed by atoms with Crippen LogP contribution >= 0.6 is 0 Å². The number of para-hydroxylation sites is 3. The van der Waals surface area contributed by atoms with Crippen molar-refractivity contribution < 1.29 is 9.18 Å². The lowest BCUT2D eigenvalue weighted by Crippen LogP contribution is -2.22. The second-order valence-electron chi connectivity index (χ2n) is 6.62. The molecule has 5 nitrogen and oxygen atoms in total. The molecular formula is C23H15FN4O. The zero-order valence-corrected chi connectivity index (χ0v) is 15.2. The van der Waals surface area contributed by atoms with Crippen LogP contribution in [0, 0.1) is 5.82 Å². The highest BCUT2D eigenvalue weighted by atomic mass is 19.1. The summed E-state index contributed by atoms with van der Waals surface area (Å²) in [5, 5.41) is 0.736. The molecule has 29 heavy (non-hydrogen) atoms. The lowest BCUT2D eigenvalue weighted by Gasteiger charge is -2.11. The normalized spacial score (nSPS) is 11.1. The summed E-state index contributed by atoms with van der Waals surface area (Å²) in [6, 6.07) is 22.8. The van der Waals surface area contributed by atoms with Gasteiger partial charge >= 0.3 is 0 Å². The SMILES string of the molecule is O=C(Nn1cnc2ccccc21)c1cc(-c2ccc(F)cc2)nc2ccccc12. The zero-order valence-electron chi connectivity index (χ0n) is 15.2. The highest BCUT2D eigenvalue weighted by Gasteiger charge is 2.15. The fourth-order valence-electron chi connectivity index (χ4n) is 3.35. The highest BCUT2D eigenvalue weighted by Crippen LogP contribution is 2.25. The fourth-order valence-corrected chi connectivity index (χ4v) is 3.35. The van der Waals surface area contributed by atoms with Crippen LogP contribution in [-0.4, -0.2) is 20.6 Å². The Morgan fingerprint density at radius 3 is 2.45 bits per heavy atom. The van der Waals surface area contributed by atoms with Gasteiger partial charge in [0.1, 0.15) is 12.1 Å².